The number of aryl methyl sites for hydroxylation is 5. The largest absolute Gasteiger partial charge is 0.0955 e. The van der Waals surface area contributed by atoms with Gasteiger partial charge in [0.2, 0.25) is 0 Å². The molecule has 3 unspecified atom stereocenters. The van der Waals surface area contributed by atoms with Crippen molar-refractivity contribution in [1.29, 1.82) is 0 Å². The Morgan fingerprint density at radius 1 is 0.455 bits per heavy atom. The molecule has 0 heterocycles. The third-order valence-electron chi connectivity index (χ3n) is 14.2. The maximum absolute atomic E-state index is 4.39. The molecule has 0 saturated heterocycles. The zero-order valence-corrected chi connectivity index (χ0v) is 40.4. The van der Waals surface area contributed by atoms with Crippen LogP contribution >= 0.6 is 0 Å². The second kappa shape index (κ2) is 20.2. The van der Waals surface area contributed by atoms with Gasteiger partial charge in [-0.25, -0.2) is 0 Å². The minimum absolute atomic E-state index is 0.151. The zero-order chi connectivity index (χ0) is 46.4. The molecule has 0 N–H and O–H groups in total. The molecule has 0 bridgehead atoms. The quantitative estimate of drug-likeness (QED) is 0.166. The van der Waals surface area contributed by atoms with E-state index in [4.69, 9.17) is 0 Å². The molecular weight excluding hydrogens is 793 g/mol. The maximum atomic E-state index is 4.39. The van der Waals surface area contributed by atoms with E-state index in [1.54, 1.807) is 0 Å². The highest BCUT2D eigenvalue weighted by Crippen LogP contribution is 2.51. The summed E-state index contributed by atoms with van der Waals surface area (Å²) in [6.07, 6.45) is 13.9. The Kier molecular flexibility index (Phi) is 14.0. The highest BCUT2D eigenvalue weighted by Gasteiger charge is 2.38. The van der Waals surface area contributed by atoms with Gasteiger partial charge in [0.05, 0.1) is 0 Å². The van der Waals surface area contributed by atoms with Gasteiger partial charge in [0.1, 0.15) is 0 Å². The molecular formula is C66H66. The Balaban J connectivity index is 0.000000123. The van der Waals surface area contributed by atoms with Crippen LogP contribution in [0.15, 0.2) is 224 Å². The van der Waals surface area contributed by atoms with Crippen LogP contribution in [0.25, 0.3) is 39.0 Å². The van der Waals surface area contributed by atoms with Crippen molar-refractivity contribution in [3.8, 4) is 33.4 Å². The highest BCUT2D eigenvalue weighted by atomic mass is 14.4. The fraction of sp³-hybridized carbons (Fsp3) is 0.212. The average molecular weight is 859 g/mol. The van der Waals surface area contributed by atoms with Crippen LogP contribution in [0.4, 0.5) is 0 Å². The van der Waals surface area contributed by atoms with Crippen LogP contribution in [0.2, 0.25) is 0 Å². The first-order valence-electron chi connectivity index (χ1n) is 23.9. The van der Waals surface area contributed by atoms with E-state index in [-0.39, 0.29) is 5.41 Å². The monoisotopic (exact) mass is 859 g/mol. The average Bonchev–Trinajstić information content (AvgIpc) is 3.56. The van der Waals surface area contributed by atoms with Crippen molar-refractivity contribution >= 4 is 5.57 Å². The molecule has 330 valence electrons. The Bertz CT molecular complexity index is 2940. The van der Waals surface area contributed by atoms with E-state index in [2.05, 4.69) is 256 Å². The topological polar surface area (TPSA) is 0 Å². The molecule has 7 aromatic rings. The molecule has 66 heavy (non-hydrogen) atoms. The van der Waals surface area contributed by atoms with E-state index in [1.807, 2.05) is 6.07 Å². The molecule has 0 nitrogen and oxygen atoms in total. The van der Waals surface area contributed by atoms with Crippen LogP contribution in [0.1, 0.15) is 78.1 Å². The minimum Gasteiger partial charge on any atom is -0.0955 e. The van der Waals surface area contributed by atoms with Gasteiger partial charge in [0.25, 0.3) is 0 Å². The lowest BCUT2D eigenvalue weighted by atomic mass is 9.62. The Hall–Kier alpha value is -6.76. The van der Waals surface area contributed by atoms with Crippen LogP contribution in [0, 0.1) is 52.4 Å². The van der Waals surface area contributed by atoms with Gasteiger partial charge in [-0.15, -0.1) is 0 Å². The summed E-state index contributed by atoms with van der Waals surface area (Å²) in [5.41, 5.74) is 24.9. The highest BCUT2D eigenvalue weighted by molar-refractivity contribution is 5.81. The first kappa shape index (κ1) is 45.8. The molecule has 0 spiro atoms. The van der Waals surface area contributed by atoms with E-state index >= 15 is 0 Å². The van der Waals surface area contributed by atoms with Gasteiger partial charge in [-0.2, -0.15) is 0 Å². The standard InChI is InChI=1S/C23H24.C16H16.C14H14.C13H12/c1-15-8-4-6-10-19(15)22-14-23-20-11-7-5-9-18(20)12-16(2)21(23)13-17(22)3;1-11-8-9-13-12-6-4-5-7-14(12)16(2,3)15(13)10-11;1-11-7-9-13(10-8-11)14-6-4-3-5-12(14)2;1-11-7-9-13(10-8-11)12-5-3-2-4-6-12/h4-11,13,18,20,23H,2,12,14H2,1,3H3;4-10H,1-3H3;3-10H,1-2H3;2-10H,1H3. The lowest BCUT2D eigenvalue weighted by Gasteiger charge is -2.42. The molecule has 7 aromatic carbocycles. The lowest BCUT2D eigenvalue weighted by molar-refractivity contribution is 0.328. The normalized spacial score (nSPS) is 18.1. The van der Waals surface area contributed by atoms with E-state index < -0.39 is 0 Å². The van der Waals surface area contributed by atoms with Crippen LogP contribution in [-0.4, -0.2) is 0 Å². The molecule has 11 rings (SSSR count). The van der Waals surface area contributed by atoms with Crippen molar-refractivity contribution in [2.75, 3.05) is 0 Å². The Labute approximate surface area is 396 Å². The van der Waals surface area contributed by atoms with E-state index in [1.165, 1.54) is 100 Å². The van der Waals surface area contributed by atoms with Crippen LogP contribution in [0.3, 0.4) is 0 Å². The van der Waals surface area contributed by atoms with Gasteiger partial charge in [0, 0.05) is 5.41 Å². The molecule has 3 atom stereocenters. The summed E-state index contributed by atoms with van der Waals surface area (Å²) in [6, 6.07) is 60.5. The van der Waals surface area contributed by atoms with Gasteiger partial charge in [-0.05, 0) is 150 Å². The Morgan fingerprint density at radius 2 is 0.970 bits per heavy atom. The molecule has 0 heteroatoms. The number of benzene rings is 7. The first-order chi connectivity index (χ1) is 31.9. The van der Waals surface area contributed by atoms with Gasteiger partial charge in [-0.1, -0.05) is 243 Å². The second-order valence-corrected chi connectivity index (χ2v) is 19.3. The zero-order valence-electron chi connectivity index (χ0n) is 40.4. The van der Waals surface area contributed by atoms with Crippen molar-refractivity contribution in [2.45, 2.75) is 73.6 Å². The third kappa shape index (κ3) is 10.0. The van der Waals surface area contributed by atoms with Gasteiger partial charge >= 0.3 is 0 Å². The van der Waals surface area contributed by atoms with E-state index in [0.717, 1.165) is 12.8 Å². The Morgan fingerprint density at radius 3 is 1.62 bits per heavy atom. The predicted octanol–water partition coefficient (Wildman–Crippen LogP) is 18.0. The van der Waals surface area contributed by atoms with Crippen molar-refractivity contribution in [3.63, 3.8) is 0 Å². The van der Waals surface area contributed by atoms with Crippen molar-refractivity contribution in [2.24, 2.45) is 17.8 Å². The van der Waals surface area contributed by atoms with Crippen molar-refractivity contribution in [1.82, 2.24) is 0 Å². The number of allylic oxidation sites excluding steroid dienone is 9. The number of hydrogen-bond donors (Lipinski definition) is 0. The SMILES string of the molecule is C=C1CC2C=CC=CC2C2CC(c3ccccc3C)=C(C)C=C12.Cc1ccc(-c2ccccc2)cc1.Cc1ccc(-c2ccccc2C)cc1.Cc1ccc2c(c1)C(C)(C)c1ccccc1-2. The predicted molar refractivity (Wildman–Crippen MR) is 286 cm³/mol. The number of rotatable bonds is 3. The fourth-order valence-electron chi connectivity index (χ4n) is 10.4. The van der Waals surface area contributed by atoms with Crippen molar-refractivity contribution in [3.05, 3.63) is 268 Å². The molecule has 0 aromatic heterocycles. The second-order valence-electron chi connectivity index (χ2n) is 19.3. The van der Waals surface area contributed by atoms with Gasteiger partial charge in [0.15, 0.2) is 0 Å². The molecule has 4 aliphatic carbocycles. The fourth-order valence-corrected chi connectivity index (χ4v) is 10.4. The first-order valence-corrected chi connectivity index (χ1v) is 23.9. The maximum Gasteiger partial charge on any atom is 0.0158 e. The summed E-state index contributed by atoms with van der Waals surface area (Å²) in [6.45, 7) is 22.0. The van der Waals surface area contributed by atoms with Crippen LogP contribution in [-0.2, 0) is 5.41 Å². The van der Waals surface area contributed by atoms with Crippen LogP contribution in [0.5, 0.6) is 0 Å². The molecule has 4 aliphatic rings. The third-order valence-corrected chi connectivity index (χ3v) is 14.2. The van der Waals surface area contributed by atoms with E-state index in [9.17, 15) is 0 Å². The minimum atomic E-state index is 0.151. The lowest BCUT2D eigenvalue weighted by Crippen LogP contribution is -2.31. The molecule has 1 fully saturated rings. The summed E-state index contributed by atoms with van der Waals surface area (Å²) in [7, 11) is 0. The molecule has 0 amide bonds. The summed E-state index contributed by atoms with van der Waals surface area (Å²) < 4.78 is 0. The summed E-state index contributed by atoms with van der Waals surface area (Å²) >= 11 is 0. The van der Waals surface area contributed by atoms with Gasteiger partial charge < -0.3 is 0 Å². The molecule has 1 saturated carbocycles. The van der Waals surface area contributed by atoms with E-state index in [0.29, 0.717) is 17.8 Å². The number of fused-ring (bicyclic) bond motifs is 6. The smallest absolute Gasteiger partial charge is 0.0158 e. The number of hydrogen-bond acceptors (Lipinski definition) is 0. The molecule has 0 aliphatic heterocycles. The molecule has 0 radical (unpaired) electrons. The summed E-state index contributed by atoms with van der Waals surface area (Å²) in [5, 5.41) is 0. The summed E-state index contributed by atoms with van der Waals surface area (Å²) in [4.78, 5) is 0. The van der Waals surface area contributed by atoms with Gasteiger partial charge in [-0.3, -0.25) is 0 Å². The summed E-state index contributed by atoms with van der Waals surface area (Å²) in [5.74, 6) is 1.84. The van der Waals surface area contributed by atoms with Crippen LogP contribution < -0.4 is 0 Å². The van der Waals surface area contributed by atoms with Crippen molar-refractivity contribution < 1.29 is 0 Å².